The molecule has 0 radical (unpaired) electrons. The molecule has 0 aliphatic carbocycles. The molecule has 1 unspecified atom stereocenters. The molecule has 2 aliphatic rings. The van der Waals surface area contributed by atoms with Gasteiger partial charge in [0, 0.05) is 12.0 Å². The Labute approximate surface area is 221 Å². The number of carbonyl (C=O) groups is 2. The van der Waals surface area contributed by atoms with Gasteiger partial charge in [0.25, 0.3) is 16.8 Å². The number of hydrogen-bond acceptors (Lipinski definition) is 9. The van der Waals surface area contributed by atoms with Gasteiger partial charge in [0.15, 0.2) is 5.82 Å². The van der Waals surface area contributed by atoms with Gasteiger partial charge in [0.05, 0.1) is 32.1 Å². The maximum absolute atomic E-state index is 15.6. The lowest BCUT2D eigenvalue weighted by atomic mass is 9.79. The largest absolute Gasteiger partial charge is 0.467 e. The monoisotopic (exact) mass is 543 g/mol. The van der Waals surface area contributed by atoms with Crippen molar-refractivity contribution in [3.63, 3.8) is 0 Å². The minimum absolute atomic E-state index is 0.0888. The van der Waals surface area contributed by atoms with E-state index in [1.54, 1.807) is 19.1 Å². The van der Waals surface area contributed by atoms with E-state index in [9.17, 15) is 23.6 Å². The van der Waals surface area contributed by atoms with Crippen molar-refractivity contribution >= 4 is 28.9 Å². The summed E-state index contributed by atoms with van der Waals surface area (Å²) >= 11 is 0. The highest BCUT2D eigenvalue weighted by atomic mass is 19.1. The molecule has 10 nitrogen and oxygen atoms in total. The summed E-state index contributed by atoms with van der Waals surface area (Å²) < 4.78 is 46.2. The standard InChI is InChI=1S/C27H27F2N3O7/c1-13-6-9-17(39-13)24(27(2)11-38-12-27)31-21-20(22(33)23(21)34)30-15-8-7-14(28)18(19(15)29)25(35)32-10-4-5-16(32)26(36)37-3/h6-9,16,24,30-31H,4-5,10-12H2,1-3H3/t16-,24?/m0/s1. The van der Waals surface area contributed by atoms with Crippen LogP contribution < -0.4 is 21.5 Å². The maximum Gasteiger partial charge on any atom is 0.328 e. The Morgan fingerprint density at radius 3 is 2.46 bits per heavy atom. The van der Waals surface area contributed by atoms with Gasteiger partial charge in [-0.3, -0.25) is 14.4 Å². The van der Waals surface area contributed by atoms with Crippen LogP contribution in [-0.4, -0.2) is 49.7 Å². The van der Waals surface area contributed by atoms with Gasteiger partial charge in [-0.2, -0.15) is 0 Å². The molecular weight excluding hydrogens is 516 g/mol. The van der Waals surface area contributed by atoms with E-state index in [1.165, 1.54) is 7.11 Å². The fraction of sp³-hybridized carbons (Fsp3) is 0.407. The van der Waals surface area contributed by atoms with Crippen molar-refractivity contribution in [2.24, 2.45) is 5.41 Å². The fourth-order valence-electron chi connectivity index (χ4n) is 5.10. The van der Waals surface area contributed by atoms with Crippen LogP contribution in [0.15, 0.2) is 38.3 Å². The lowest BCUT2D eigenvalue weighted by Gasteiger charge is -2.44. The number of anilines is 3. The first-order valence-electron chi connectivity index (χ1n) is 12.4. The van der Waals surface area contributed by atoms with Crippen LogP contribution in [0.3, 0.4) is 0 Å². The number of halogens is 2. The minimum atomic E-state index is -1.26. The fourth-order valence-corrected chi connectivity index (χ4v) is 5.10. The first-order valence-corrected chi connectivity index (χ1v) is 12.4. The number of amides is 1. The molecule has 1 aromatic heterocycles. The number of esters is 1. The Hall–Kier alpha value is -4.06. The number of furan rings is 1. The summed E-state index contributed by atoms with van der Waals surface area (Å²) in [5.74, 6) is -2.90. The van der Waals surface area contributed by atoms with Crippen molar-refractivity contribution in [1.29, 1.82) is 0 Å². The highest BCUT2D eigenvalue weighted by Crippen LogP contribution is 2.43. The lowest BCUT2D eigenvalue weighted by Crippen LogP contribution is -2.49. The number of carbonyl (C=O) groups excluding carboxylic acids is 2. The summed E-state index contributed by atoms with van der Waals surface area (Å²) in [6, 6.07) is 3.93. The molecule has 0 saturated carbocycles. The number of benzene rings is 1. The molecule has 2 N–H and O–H groups in total. The number of aryl methyl sites for hydroxylation is 1. The molecule has 2 aromatic carbocycles. The average Bonchev–Trinajstić information content (AvgIpc) is 3.56. The molecule has 3 aromatic rings. The second-order valence-corrected chi connectivity index (χ2v) is 10.2. The van der Waals surface area contributed by atoms with Crippen molar-refractivity contribution in [3.8, 4) is 0 Å². The molecule has 1 amide bonds. The molecule has 12 heteroatoms. The molecule has 5 rings (SSSR count). The SMILES string of the molecule is COC(=O)[C@@H]1CCCN1C(=O)c1c(F)ccc(Nc2c(NC(c3ccc(C)o3)C3(C)COC3)c(=O)c2=O)c1F. The van der Waals surface area contributed by atoms with Gasteiger partial charge in [-0.15, -0.1) is 0 Å². The van der Waals surface area contributed by atoms with Gasteiger partial charge in [0.2, 0.25) is 0 Å². The van der Waals surface area contributed by atoms with Crippen LogP contribution in [-0.2, 0) is 14.3 Å². The maximum atomic E-state index is 15.6. The average molecular weight is 544 g/mol. The molecule has 206 valence electrons. The summed E-state index contributed by atoms with van der Waals surface area (Å²) in [4.78, 5) is 51.3. The van der Waals surface area contributed by atoms with E-state index in [1.807, 2.05) is 6.92 Å². The highest BCUT2D eigenvalue weighted by Gasteiger charge is 2.45. The second-order valence-electron chi connectivity index (χ2n) is 10.2. The van der Waals surface area contributed by atoms with Gasteiger partial charge >= 0.3 is 5.97 Å². The van der Waals surface area contributed by atoms with Crippen LogP contribution in [0.4, 0.5) is 25.8 Å². The van der Waals surface area contributed by atoms with Crippen LogP contribution in [0, 0.1) is 24.0 Å². The van der Waals surface area contributed by atoms with Crippen molar-refractivity contribution < 1.29 is 32.3 Å². The quantitative estimate of drug-likeness (QED) is 0.325. The number of likely N-dealkylation sites (tertiary alicyclic amines) is 1. The van der Waals surface area contributed by atoms with Crippen LogP contribution in [0.2, 0.25) is 0 Å². The predicted octanol–water partition coefficient (Wildman–Crippen LogP) is 3.17. The van der Waals surface area contributed by atoms with Crippen molar-refractivity contribution in [1.82, 2.24) is 4.90 Å². The molecular formula is C27H27F2N3O7. The van der Waals surface area contributed by atoms with Crippen LogP contribution >= 0.6 is 0 Å². The molecule has 2 fully saturated rings. The second kappa shape index (κ2) is 9.92. The normalized spacial score (nSPS) is 19.0. The molecule has 0 bridgehead atoms. The Morgan fingerprint density at radius 1 is 1.13 bits per heavy atom. The topological polar surface area (TPSA) is 127 Å². The van der Waals surface area contributed by atoms with Crippen LogP contribution in [0.25, 0.3) is 0 Å². The van der Waals surface area contributed by atoms with Gasteiger partial charge in [-0.1, -0.05) is 6.92 Å². The zero-order valence-electron chi connectivity index (χ0n) is 21.6. The van der Waals surface area contributed by atoms with Crippen molar-refractivity contribution in [2.75, 3.05) is 37.5 Å². The lowest BCUT2D eigenvalue weighted by molar-refractivity contribution is -0.145. The smallest absolute Gasteiger partial charge is 0.328 e. The van der Waals surface area contributed by atoms with Gasteiger partial charge in [-0.05, 0) is 44.0 Å². The molecule has 2 aliphatic heterocycles. The van der Waals surface area contributed by atoms with E-state index in [-0.39, 0.29) is 23.6 Å². The van der Waals surface area contributed by atoms with E-state index in [4.69, 9.17) is 13.9 Å². The van der Waals surface area contributed by atoms with E-state index in [0.717, 1.165) is 17.0 Å². The van der Waals surface area contributed by atoms with Crippen LogP contribution in [0.5, 0.6) is 0 Å². The van der Waals surface area contributed by atoms with E-state index in [0.29, 0.717) is 37.6 Å². The third-order valence-electron chi connectivity index (χ3n) is 7.36. The van der Waals surface area contributed by atoms with Gasteiger partial charge < -0.3 is 29.4 Å². The Morgan fingerprint density at radius 2 is 1.85 bits per heavy atom. The van der Waals surface area contributed by atoms with Gasteiger partial charge in [0.1, 0.15) is 40.3 Å². The zero-order valence-corrected chi connectivity index (χ0v) is 21.6. The summed E-state index contributed by atoms with van der Waals surface area (Å²) in [6.45, 7) is 4.59. The van der Waals surface area contributed by atoms with Crippen LogP contribution in [0.1, 0.15) is 47.7 Å². The summed E-state index contributed by atoms with van der Waals surface area (Å²) in [6.07, 6.45) is 0.768. The number of nitrogens with zero attached hydrogens (tertiary/aromatic N) is 1. The summed E-state index contributed by atoms with van der Waals surface area (Å²) in [5, 5.41) is 5.63. The van der Waals surface area contributed by atoms with Gasteiger partial charge in [-0.25, -0.2) is 13.6 Å². The highest BCUT2D eigenvalue weighted by molar-refractivity contribution is 5.98. The number of hydrogen-bond donors (Lipinski definition) is 2. The molecule has 2 atom stereocenters. The zero-order chi connectivity index (χ0) is 28.1. The predicted molar refractivity (Wildman–Crippen MR) is 136 cm³/mol. The number of methoxy groups -OCH3 is 1. The first-order chi connectivity index (χ1) is 18.6. The number of rotatable bonds is 8. The summed E-state index contributed by atoms with van der Waals surface area (Å²) in [5.41, 5.74) is -3.74. The third-order valence-corrected chi connectivity index (χ3v) is 7.36. The van der Waals surface area contributed by atoms with Crippen molar-refractivity contribution in [2.45, 2.75) is 38.8 Å². The Kier molecular flexibility index (Phi) is 6.75. The van der Waals surface area contributed by atoms with Crippen molar-refractivity contribution in [3.05, 3.63) is 73.4 Å². The molecule has 0 spiro atoms. The Balaban J connectivity index is 1.45. The summed E-state index contributed by atoms with van der Waals surface area (Å²) in [7, 11) is 1.17. The Bertz CT molecular complexity index is 1520. The van der Waals surface area contributed by atoms with E-state index >= 15 is 4.39 Å². The number of ether oxygens (including phenoxy) is 2. The minimum Gasteiger partial charge on any atom is -0.467 e. The number of nitrogens with one attached hydrogen (secondary N) is 2. The molecule has 3 heterocycles. The molecule has 2 saturated heterocycles. The first kappa shape index (κ1) is 26.5. The molecule has 39 heavy (non-hydrogen) atoms. The van der Waals surface area contributed by atoms with E-state index in [2.05, 4.69) is 10.6 Å². The third kappa shape index (κ3) is 4.48. The van der Waals surface area contributed by atoms with E-state index < -0.39 is 57.4 Å².